The van der Waals surface area contributed by atoms with Gasteiger partial charge in [0.15, 0.2) is 0 Å². The third kappa shape index (κ3) is 3.22. The summed E-state index contributed by atoms with van der Waals surface area (Å²) in [4.78, 5) is 0. The average molecular weight is 304 g/mol. The predicted octanol–water partition coefficient (Wildman–Crippen LogP) is 2.04. The van der Waals surface area contributed by atoms with Crippen LogP contribution in [0.25, 0.3) is 0 Å². The Hall–Kier alpha value is -0.130. The van der Waals surface area contributed by atoms with Gasteiger partial charge in [-0.05, 0) is 47.6 Å². The molecule has 0 saturated heterocycles. The van der Waals surface area contributed by atoms with E-state index in [0.29, 0.717) is 12.6 Å². The van der Waals surface area contributed by atoms with E-state index in [1.54, 1.807) is 0 Å². The van der Waals surface area contributed by atoms with Crippen LogP contribution in [0, 0.1) is 10.5 Å². The van der Waals surface area contributed by atoms with Crippen LogP contribution in [0.5, 0.6) is 0 Å². The van der Waals surface area contributed by atoms with E-state index < -0.39 is 0 Å². The van der Waals surface area contributed by atoms with Gasteiger partial charge in [-0.3, -0.25) is 0 Å². The molecule has 3 N–H and O–H groups in total. The molecule has 3 heteroatoms. The van der Waals surface area contributed by atoms with Crippen molar-refractivity contribution in [2.75, 3.05) is 6.54 Å². The molecule has 0 radical (unpaired) electrons. The zero-order valence-electron chi connectivity index (χ0n) is 8.68. The van der Waals surface area contributed by atoms with Crippen LogP contribution in [-0.4, -0.2) is 12.6 Å². The Kier molecular flexibility index (Phi) is 4.84. The zero-order valence-corrected chi connectivity index (χ0v) is 10.8. The molecule has 0 heterocycles. The molecule has 0 aliphatic carbocycles. The average Bonchev–Trinajstić information content (AvgIpc) is 2.20. The molecular formula is C11H17IN2. The van der Waals surface area contributed by atoms with Crippen LogP contribution >= 0.6 is 22.6 Å². The first-order valence-corrected chi connectivity index (χ1v) is 5.90. The van der Waals surface area contributed by atoms with Crippen LogP contribution in [0.4, 0.5) is 0 Å². The molecular weight excluding hydrogens is 287 g/mol. The van der Waals surface area contributed by atoms with Gasteiger partial charge in [0.1, 0.15) is 0 Å². The highest BCUT2D eigenvalue weighted by molar-refractivity contribution is 14.1. The summed E-state index contributed by atoms with van der Waals surface area (Å²) in [5.41, 5.74) is 8.23. The summed E-state index contributed by atoms with van der Waals surface area (Å²) in [5.74, 6) is 0. The lowest BCUT2D eigenvalue weighted by Gasteiger charge is -2.13. The molecule has 1 rings (SSSR count). The van der Waals surface area contributed by atoms with Gasteiger partial charge in [0.25, 0.3) is 0 Å². The lowest BCUT2D eigenvalue weighted by molar-refractivity contribution is 0.555. The molecule has 1 aromatic rings. The van der Waals surface area contributed by atoms with Gasteiger partial charge < -0.3 is 11.1 Å². The molecule has 0 unspecified atom stereocenters. The Labute approximate surface area is 99.4 Å². The molecule has 0 saturated carbocycles. The number of hydrogen-bond acceptors (Lipinski definition) is 2. The summed E-state index contributed by atoms with van der Waals surface area (Å²) in [6.07, 6.45) is 0. The van der Waals surface area contributed by atoms with Crippen molar-refractivity contribution in [2.45, 2.75) is 26.4 Å². The van der Waals surface area contributed by atoms with Crippen LogP contribution in [0.3, 0.4) is 0 Å². The molecule has 0 amide bonds. The minimum atomic E-state index is 0.381. The second-order valence-electron chi connectivity index (χ2n) is 3.57. The third-order valence-electron chi connectivity index (χ3n) is 2.27. The number of hydrogen-bond donors (Lipinski definition) is 2. The van der Waals surface area contributed by atoms with Gasteiger partial charge in [0, 0.05) is 22.7 Å². The summed E-state index contributed by atoms with van der Waals surface area (Å²) >= 11 is 2.39. The largest absolute Gasteiger partial charge is 0.329 e. The molecule has 0 fully saturated rings. The molecule has 1 aromatic carbocycles. The molecule has 0 aliphatic heterocycles. The van der Waals surface area contributed by atoms with E-state index in [2.05, 4.69) is 60.0 Å². The molecule has 0 aromatic heterocycles. The van der Waals surface area contributed by atoms with Crippen molar-refractivity contribution >= 4 is 22.6 Å². The SMILES string of the molecule is Cc1cccc(CN[C@@H](C)CN)c1I. The van der Waals surface area contributed by atoms with Crippen LogP contribution < -0.4 is 11.1 Å². The van der Waals surface area contributed by atoms with Crippen molar-refractivity contribution in [2.24, 2.45) is 5.73 Å². The number of aryl methyl sites for hydroxylation is 1. The van der Waals surface area contributed by atoms with Crippen molar-refractivity contribution in [3.05, 3.63) is 32.9 Å². The van der Waals surface area contributed by atoms with Crippen molar-refractivity contribution < 1.29 is 0 Å². The Balaban J connectivity index is 2.63. The monoisotopic (exact) mass is 304 g/mol. The summed E-state index contributed by atoms with van der Waals surface area (Å²) < 4.78 is 1.35. The maximum absolute atomic E-state index is 5.54. The quantitative estimate of drug-likeness (QED) is 0.836. The number of halogens is 1. The Morgan fingerprint density at radius 3 is 2.86 bits per heavy atom. The standard InChI is InChI=1S/C11H17IN2/c1-8-4-3-5-10(11(8)12)7-14-9(2)6-13/h3-5,9,14H,6-7,13H2,1-2H3/t9-/m0/s1. The van der Waals surface area contributed by atoms with Gasteiger partial charge >= 0.3 is 0 Å². The van der Waals surface area contributed by atoms with Crippen molar-refractivity contribution in [1.82, 2.24) is 5.32 Å². The summed E-state index contributed by atoms with van der Waals surface area (Å²) in [7, 11) is 0. The molecule has 0 aliphatic rings. The highest BCUT2D eigenvalue weighted by Crippen LogP contribution is 2.16. The normalized spacial score (nSPS) is 12.9. The highest BCUT2D eigenvalue weighted by atomic mass is 127. The van der Waals surface area contributed by atoms with E-state index in [4.69, 9.17) is 5.73 Å². The van der Waals surface area contributed by atoms with Crippen LogP contribution in [0.2, 0.25) is 0 Å². The Morgan fingerprint density at radius 2 is 2.21 bits per heavy atom. The maximum atomic E-state index is 5.54. The summed E-state index contributed by atoms with van der Waals surface area (Å²) in [6, 6.07) is 6.77. The number of benzene rings is 1. The second kappa shape index (κ2) is 5.68. The fraction of sp³-hybridized carbons (Fsp3) is 0.455. The molecule has 14 heavy (non-hydrogen) atoms. The predicted molar refractivity (Wildman–Crippen MR) is 69.3 cm³/mol. The third-order valence-corrected chi connectivity index (χ3v) is 3.81. The van der Waals surface area contributed by atoms with Gasteiger partial charge in [-0.25, -0.2) is 0 Å². The van der Waals surface area contributed by atoms with E-state index >= 15 is 0 Å². The van der Waals surface area contributed by atoms with Crippen LogP contribution in [0.1, 0.15) is 18.1 Å². The molecule has 0 bridgehead atoms. The van der Waals surface area contributed by atoms with E-state index in [0.717, 1.165) is 6.54 Å². The zero-order chi connectivity index (χ0) is 10.6. The Bertz CT molecular complexity index is 299. The highest BCUT2D eigenvalue weighted by Gasteiger charge is 2.03. The smallest absolute Gasteiger partial charge is 0.0219 e. The first-order chi connectivity index (χ1) is 6.65. The summed E-state index contributed by atoms with van der Waals surface area (Å²) in [6.45, 7) is 5.82. The lowest BCUT2D eigenvalue weighted by Crippen LogP contribution is -2.32. The second-order valence-corrected chi connectivity index (χ2v) is 4.64. The Morgan fingerprint density at radius 1 is 1.50 bits per heavy atom. The maximum Gasteiger partial charge on any atom is 0.0219 e. The van der Waals surface area contributed by atoms with Gasteiger partial charge in [0.2, 0.25) is 0 Å². The van der Waals surface area contributed by atoms with Gasteiger partial charge in [-0.2, -0.15) is 0 Å². The minimum absolute atomic E-state index is 0.381. The molecule has 2 nitrogen and oxygen atoms in total. The number of nitrogens with one attached hydrogen (secondary N) is 1. The fourth-order valence-electron chi connectivity index (χ4n) is 1.21. The number of nitrogens with two attached hydrogens (primary N) is 1. The van der Waals surface area contributed by atoms with Crippen molar-refractivity contribution in [3.8, 4) is 0 Å². The van der Waals surface area contributed by atoms with E-state index in [-0.39, 0.29) is 0 Å². The topological polar surface area (TPSA) is 38.0 Å². The summed E-state index contributed by atoms with van der Waals surface area (Å²) in [5, 5.41) is 3.39. The number of rotatable bonds is 4. The van der Waals surface area contributed by atoms with E-state index in [1.807, 2.05) is 0 Å². The van der Waals surface area contributed by atoms with Crippen LogP contribution in [0.15, 0.2) is 18.2 Å². The lowest BCUT2D eigenvalue weighted by atomic mass is 10.1. The van der Waals surface area contributed by atoms with Crippen LogP contribution in [-0.2, 0) is 6.54 Å². The van der Waals surface area contributed by atoms with Gasteiger partial charge in [-0.15, -0.1) is 0 Å². The first kappa shape index (κ1) is 11.9. The van der Waals surface area contributed by atoms with E-state index in [9.17, 15) is 0 Å². The molecule has 0 spiro atoms. The van der Waals surface area contributed by atoms with Gasteiger partial charge in [-0.1, -0.05) is 18.2 Å². The molecule has 1 atom stereocenters. The fourth-order valence-corrected chi connectivity index (χ4v) is 1.76. The minimum Gasteiger partial charge on any atom is -0.329 e. The van der Waals surface area contributed by atoms with Crippen molar-refractivity contribution in [3.63, 3.8) is 0 Å². The van der Waals surface area contributed by atoms with Crippen molar-refractivity contribution in [1.29, 1.82) is 0 Å². The van der Waals surface area contributed by atoms with Gasteiger partial charge in [0.05, 0.1) is 0 Å². The first-order valence-electron chi connectivity index (χ1n) is 4.82. The molecule has 78 valence electrons. The van der Waals surface area contributed by atoms with E-state index in [1.165, 1.54) is 14.7 Å².